The minimum atomic E-state index is -0.161. The van der Waals surface area contributed by atoms with Gasteiger partial charge in [-0.2, -0.15) is 0 Å². The van der Waals surface area contributed by atoms with Gasteiger partial charge in [-0.05, 0) is 49.1 Å². The molecule has 0 aliphatic carbocycles. The van der Waals surface area contributed by atoms with E-state index in [0.717, 1.165) is 31.6 Å². The van der Waals surface area contributed by atoms with E-state index in [9.17, 15) is 4.79 Å². The minimum absolute atomic E-state index is 0.127. The van der Waals surface area contributed by atoms with Crippen LogP contribution in [-0.2, 0) is 11.2 Å². The summed E-state index contributed by atoms with van der Waals surface area (Å²) in [4.78, 5) is 12.6. The minimum Gasteiger partial charge on any atom is -0.490 e. The van der Waals surface area contributed by atoms with Gasteiger partial charge in [0, 0.05) is 12.3 Å². The predicted octanol–water partition coefficient (Wildman–Crippen LogP) is 4.06. The van der Waals surface area contributed by atoms with Gasteiger partial charge in [-0.25, -0.2) is 0 Å². The summed E-state index contributed by atoms with van der Waals surface area (Å²) in [6, 6.07) is 15.2. The molecule has 0 saturated carbocycles. The number of aryl methyl sites for hydroxylation is 1. The zero-order valence-electron chi connectivity index (χ0n) is 14.0. The Balaban J connectivity index is 1.69. The molecule has 4 heteroatoms. The lowest BCUT2D eigenvalue weighted by atomic mass is 10.1. The number of rotatable bonds is 6. The molecule has 1 aliphatic rings. The van der Waals surface area contributed by atoms with Crippen LogP contribution in [-0.4, -0.2) is 25.2 Å². The standard InChI is InChI=1S/C20H23NO3/c1-2-15-7-5-8-16(13-15)21-20(22)18-10-3-4-11-19(18)24-14-17-9-6-12-23-17/h3-5,7-8,10-11,13,17H,2,6,9,12,14H2,1H3,(H,21,22). The lowest BCUT2D eigenvalue weighted by molar-refractivity contribution is 0.0673. The molecule has 0 radical (unpaired) electrons. The number of carbonyl (C=O) groups excluding carboxylic acids is 1. The first-order chi connectivity index (χ1) is 11.8. The average molecular weight is 325 g/mol. The van der Waals surface area contributed by atoms with Crippen molar-refractivity contribution in [1.29, 1.82) is 0 Å². The van der Waals surface area contributed by atoms with E-state index in [0.29, 0.717) is 17.9 Å². The maximum Gasteiger partial charge on any atom is 0.259 e. The summed E-state index contributed by atoms with van der Waals surface area (Å²) in [5, 5.41) is 2.95. The van der Waals surface area contributed by atoms with Crippen LogP contribution in [0.1, 0.15) is 35.7 Å². The third-order valence-electron chi connectivity index (χ3n) is 4.17. The number of hydrogen-bond donors (Lipinski definition) is 1. The molecule has 1 fully saturated rings. The van der Waals surface area contributed by atoms with Gasteiger partial charge >= 0.3 is 0 Å². The normalized spacial score (nSPS) is 16.8. The molecule has 4 nitrogen and oxygen atoms in total. The van der Waals surface area contributed by atoms with E-state index in [4.69, 9.17) is 9.47 Å². The molecule has 1 N–H and O–H groups in total. The maximum atomic E-state index is 12.6. The van der Waals surface area contributed by atoms with Gasteiger partial charge < -0.3 is 14.8 Å². The fourth-order valence-corrected chi connectivity index (χ4v) is 2.81. The van der Waals surface area contributed by atoms with E-state index in [2.05, 4.69) is 12.2 Å². The first-order valence-corrected chi connectivity index (χ1v) is 8.50. The molecular weight excluding hydrogens is 302 g/mol. The Labute approximate surface area is 142 Å². The zero-order chi connectivity index (χ0) is 16.8. The third kappa shape index (κ3) is 4.15. The van der Waals surface area contributed by atoms with Crippen molar-refractivity contribution in [3.05, 3.63) is 59.7 Å². The van der Waals surface area contributed by atoms with Crippen LogP contribution in [0.2, 0.25) is 0 Å². The van der Waals surface area contributed by atoms with Gasteiger partial charge in [0.05, 0.1) is 11.7 Å². The molecule has 1 amide bonds. The highest BCUT2D eigenvalue weighted by molar-refractivity contribution is 6.06. The number of hydrogen-bond acceptors (Lipinski definition) is 3. The Morgan fingerprint density at radius 2 is 2.12 bits per heavy atom. The van der Waals surface area contributed by atoms with Gasteiger partial charge in [0.2, 0.25) is 0 Å². The van der Waals surface area contributed by atoms with Crippen LogP contribution >= 0.6 is 0 Å². The summed E-state index contributed by atoms with van der Waals surface area (Å²) in [5.74, 6) is 0.434. The highest BCUT2D eigenvalue weighted by Gasteiger charge is 2.18. The molecule has 2 aromatic rings. The van der Waals surface area contributed by atoms with E-state index >= 15 is 0 Å². The molecule has 24 heavy (non-hydrogen) atoms. The molecular formula is C20H23NO3. The van der Waals surface area contributed by atoms with E-state index in [1.54, 1.807) is 6.07 Å². The van der Waals surface area contributed by atoms with Crippen molar-refractivity contribution in [1.82, 2.24) is 0 Å². The highest BCUT2D eigenvalue weighted by Crippen LogP contribution is 2.22. The van der Waals surface area contributed by atoms with E-state index in [-0.39, 0.29) is 12.0 Å². The van der Waals surface area contributed by atoms with Gasteiger partial charge in [-0.1, -0.05) is 31.2 Å². The first kappa shape index (κ1) is 16.5. The molecule has 2 aromatic carbocycles. The summed E-state index contributed by atoms with van der Waals surface area (Å²) >= 11 is 0. The van der Waals surface area contributed by atoms with Crippen molar-refractivity contribution in [2.45, 2.75) is 32.3 Å². The Hall–Kier alpha value is -2.33. The van der Waals surface area contributed by atoms with Crippen molar-refractivity contribution in [3.8, 4) is 5.75 Å². The number of benzene rings is 2. The lowest BCUT2D eigenvalue weighted by Gasteiger charge is -2.14. The van der Waals surface area contributed by atoms with Gasteiger partial charge in [0.25, 0.3) is 5.91 Å². The number of anilines is 1. The van der Waals surface area contributed by atoms with E-state index in [1.165, 1.54) is 5.56 Å². The number of amides is 1. The SMILES string of the molecule is CCc1cccc(NC(=O)c2ccccc2OCC2CCCO2)c1. The van der Waals surface area contributed by atoms with Crippen LogP contribution in [0, 0.1) is 0 Å². The molecule has 0 aromatic heterocycles. The Kier molecular flexibility index (Phi) is 5.49. The molecule has 0 bridgehead atoms. The average Bonchev–Trinajstić information content (AvgIpc) is 3.14. The van der Waals surface area contributed by atoms with Crippen LogP contribution in [0.15, 0.2) is 48.5 Å². The third-order valence-corrected chi connectivity index (χ3v) is 4.17. The second kappa shape index (κ2) is 7.97. The van der Waals surface area contributed by atoms with Crippen molar-refractivity contribution in [2.75, 3.05) is 18.5 Å². The predicted molar refractivity (Wildman–Crippen MR) is 94.7 cm³/mol. The summed E-state index contributed by atoms with van der Waals surface area (Å²) in [7, 11) is 0. The summed E-state index contributed by atoms with van der Waals surface area (Å²) < 4.78 is 11.4. The van der Waals surface area contributed by atoms with Gasteiger partial charge in [0.1, 0.15) is 12.4 Å². The topological polar surface area (TPSA) is 47.6 Å². The Morgan fingerprint density at radius 1 is 1.25 bits per heavy atom. The van der Waals surface area contributed by atoms with Gasteiger partial charge in [-0.3, -0.25) is 4.79 Å². The van der Waals surface area contributed by atoms with Crippen molar-refractivity contribution in [3.63, 3.8) is 0 Å². The molecule has 1 aliphatic heterocycles. The van der Waals surface area contributed by atoms with Crippen LogP contribution in [0.3, 0.4) is 0 Å². The number of para-hydroxylation sites is 1. The molecule has 1 saturated heterocycles. The number of ether oxygens (including phenoxy) is 2. The van der Waals surface area contributed by atoms with E-state index < -0.39 is 0 Å². The summed E-state index contributed by atoms with van der Waals surface area (Å²) in [6.07, 6.45) is 3.15. The molecule has 0 spiro atoms. The smallest absolute Gasteiger partial charge is 0.259 e. The van der Waals surface area contributed by atoms with Gasteiger partial charge in [-0.15, -0.1) is 0 Å². The lowest BCUT2D eigenvalue weighted by Crippen LogP contribution is -2.19. The summed E-state index contributed by atoms with van der Waals surface area (Å²) in [6.45, 7) is 3.37. The Morgan fingerprint density at radius 3 is 2.92 bits per heavy atom. The fraction of sp³-hybridized carbons (Fsp3) is 0.350. The quantitative estimate of drug-likeness (QED) is 0.871. The maximum absolute atomic E-state index is 12.6. The zero-order valence-corrected chi connectivity index (χ0v) is 14.0. The molecule has 3 rings (SSSR count). The Bertz CT molecular complexity index is 693. The van der Waals surface area contributed by atoms with Crippen molar-refractivity contribution in [2.24, 2.45) is 0 Å². The molecule has 1 heterocycles. The van der Waals surface area contributed by atoms with Crippen molar-refractivity contribution < 1.29 is 14.3 Å². The highest BCUT2D eigenvalue weighted by atomic mass is 16.5. The number of carbonyl (C=O) groups is 1. The second-order valence-electron chi connectivity index (χ2n) is 5.95. The second-order valence-corrected chi connectivity index (χ2v) is 5.95. The van der Waals surface area contributed by atoms with E-state index in [1.807, 2.05) is 42.5 Å². The molecule has 126 valence electrons. The fourth-order valence-electron chi connectivity index (χ4n) is 2.81. The molecule has 1 unspecified atom stereocenters. The monoisotopic (exact) mass is 325 g/mol. The number of nitrogens with one attached hydrogen (secondary N) is 1. The van der Waals surface area contributed by atoms with Gasteiger partial charge in [0.15, 0.2) is 0 Å². The van der Waals surface area contributed by atoms with Crippen LogP contribution in [0.4, 0.5) is 5.69 Å². The largest absolute Gasteiger partial charge is 0.490 e. The summed E-state index contributed by atoms with van der Waals surface area (Å²) in [5.41, 5.74) is 2.53. The van der Waals surface area contributed by atoms with Crippen LogP contribution < -0.4 is 10.1 Å². The first-order valence-electron chi connectivity index (χ1n) is 8.50. The van der Waals surface area contributed by atoms with Crippen molar-refractivity contribution >= 4 is 11.6 Å². The molecule has 1 atom stereocenters. The van der Waals surface area contributed by atoms with Crippen LogP contribution in [0.5, 0.6) is 5.75 Å². The van der Waals surface area contributed by atoms with Crippen LogP contribution in [0.25, 0.3) is 0 Å².